The summed E-state index contributed by atoms with van der Waals surface area (Å²) in [4.78, 5) is 6.34. The van der Waals surface area contributed by atoms with Gasteiger partial charge in [0, 0.05) is 29.0 Å². The lowest BCUT2D eigenvalue weighted by atomic mass is 10.2. The predicted molar refractivity (Wildman–Crippen MR) is 125 cm³/mol. The second-order valence-electron chi connectivity index (χ2n) is 7.20. The largest absolute Gasteiger partial charge is 0.295 e. The van der Waals surface area contributed by atoms with Crippen molar-refractivity contribution in [1.82, 2.24) is 24.2 Å². The van der Waals surface area contributed by atoms with Crippen LogP contribution in [-0.2, 0) is 19.8 Å². The molecular weight excluding hydrogens is 458 g/mol. The average Bonchev–Trinajstić information content (AvgIpc) is 3.06. The van der Waals surface area contributed by atoms with Crippen molar-refractivity contribution in [2.45, 2.75) is 19.8 Å². The minimum atomic E-state index is 0.606. The molecule has 0 saturated heterocycles. The molecule has 0 atom stereocenters. The van der Waals surface area contributed by atoms with Crippen molar-refractivity contribution in [1.29, 1.82) is 0 Å². The summed E-state index contributed by atoms with van der Waals surface area (Å²) in [6.45, 7) is 2.09. The van der Waals surface area contributed by atoms with Gasteiger partial charge >= 0.3 is 0 Å². The summed E-state index contributed by atoms with van der Waals surface area (Å²) in [6.07, 6.45) is 3.56. The topological polar surface area (TPSA) is 38.9 Å². The van der Waals surface area contributed by atoms with Gasteiger partial charge in [0.05, 0.1) is 13.2 Å². The van der Waals surface area contributed by atoms with Crippen molar-refractivity contribution in [2.75, 3.05) is 7.05 Å². The second-order valence-corrected chi connectivity index (χ2v) is 8.48. The summed E-state index contributed by atoms with van der Waals surface area (Å²) in [5.41, 5.74) is 3.43. The maximum absolute atomic E-state index is 5.83. The predicted octanol–water partition coefficient (Wildman–Crippen LogP) is 5.38. The maximum atomic E-state index is 5.83. The highest BCUT2D eigenvalue weighted by Gasteiger charge is 2.14. The minimum Gasteiger partial charge on any atom is -0.295 e. The Labute approximate surface area is 189 Å². The molecule has 30 heavy (non-hydrogen) atoms. The summed E-state index contributed by atoms with van der Waals surface area (Å²) >= 11 is 9.31. The van der Waals surface area contributed by atoms with E-state index in [9.17, 15) is 0 Å². The zero-order valence-corrected chi connectivity index (χ0v) is 19.1. The molecule has 0 fully saturated rings. The summed E-state index contributed by atoms with van der Waals surface area (Å²) in [5.74, 6) is 0.850. The van der Waals surface area contributed by atoms with E-state index in [0.717, 1.165) is 22.4 Å². The van der Waals surface area contributed by atoms with E-state index >= 15 is 0 Å². The first-order chi connectivity index (χ1) is 14.6. The van der Waals surface area contributed by atoms with Crippen LogP contribution in [0.5, 0.6) is 0 Å². The molecule has 2 aromatic carbocycles. The van der Waals surface area contributed by atoms with Crippen LogP contribution in [0.4, 0.5) is 0 Å². The van der Waals surface area contributed by atoms with Crippen molar-refractivity contribution in [2.24, 2.45) is 0 Å². The Balaban J connectivity index is 1.63. The number of hydrogen-bond donors (Lipinski definition) is 0. The fraction of sp³-hybridized carbons (Fsp3) is 0.174. The van der Waals surface area contributed by atoms with E-state index in [4.69, 9.17) is 17.3 Å². The lowest BCUT2D eigenvalue weighted by Gasteiger charge is -2.16. The number of hydrogen-bond acceptors (Lipinski definition) is 4. The number of pyridine rings is 1. The van der Waals surface area contributed by atoms with Crippen molar-refractivity contribution < 1.29 is 0 Å². The summed E-state index contributed by atoms with van der Waals surface area (Å²) in [5, 5.41) is 4.87. The molecule has 2 heterocycles. The minimum absolute atomic E-state index is 0.606. The highest BCUT2D eigenvalue weighted by Crippen LogP contribution is 2.20. The van der Waals surface area contributed by atoms with E-state index in [2.05, 4.69) is 73.8 Å². The second kappa shape index (κ2) is 9.47. The van der Waals surface area contributed by atoms with Gasteiger partial charge in [0.25, 0.3) is 0 Å². The molecule has 4 aromatic rings. The van der Waals surface area contributed by atoms with Crippen molar-refractivity contribution in [3.63, 3.8) is 0 Å². The molecule has 5 nitrogen and oxygen atoms in total. The quantitative estimate of drug-likeness (QED) is 0.333. The summed E-state index contributed by atoms with van der Waals surface area (Å²) < 4.78 is 5.77. The molecule has 7 heteroatoms. The van der Waals surface area contributed by atoms with Gasteiger partial charge in [-0.25, -0.2) is 4.68 Å². The monoisotopic (exact) mass is 479 g/mol. The molecular formula is C23H22BrN5S. The average molecular weight is 480 g/mol. The number of benzene rings is 2. The Morgan fingerprint density at radius 3 is 2.33 bits per heavy atom. The lowest BCUT2D eigenvalue weighted by Crippen LogP contribution is -2.22. The van der Waals surface area contributed by atoms with E-state index in [1.807, 2.05) is 35.0 Å². The molecule has 0 spiro atoms. The van der Waals surface area contributed by atoms with E-state index in [0.29, 0.717) is 18.0 Å². The van der Waals surface area contributed by atoms with Crippen LogP contribution in [0.2, 0.25) is 0 Å². The van der Waals surface area contributed by atoms with Crippen LogP contribution in [0.15, 0.2) is 83.6 Å². The van der Waals surface area contributed by atoms with E-state index in [1.54, 1.807) is 12.4 Å². The van der Waals surface area contributed by atoms with Gasteiger partial charge in [-0.3, -0.25) is 14.5 Å². The third-order valence-corrected chi connectivity index (χ3v) is 5.75. The van der Waals surface area contributed by atoms with Gasteiger partial charge in [-0.1, -0.05) is 58.4 Å². The molecule has 0 radical (unpaired) electrons. The molecule has 0 aliphatic rings. The van der Waals surface area contributed by atoms with Gasteiger partial charge in [0.15, 0.2) is 10.6 Å². The molecule has 0 aliphatic heterocycles. The van der Waals surface area contributed by atoms with E-state index < -0.39 is 0 Å². The number of rotatable bonds is 7. The molecule has 152 valence electrons. The highest BCUT2D eigenvalue weighted by molar-refractivity contribution is 9.10. The molecule has 0 aliphatic carbocycles. The van der Waals surface area contributed by atoms with Crippen LogP contribution >= 0.6 is 28.1 Å². The fourth-order valence-electron chi connectivity index (χ4n) is 3.34. The summed E-state index contributed by atoms with van der Waals surface area (Å²) in [7, 11) is 2.08. The van der Waals surface area contributed by atoms with Gasteiger partial charge in [-0.15, -0.1) is 0 Å². The number of halogens is 1. The normalized spacial score (nSPS) is 11.2. The van der Waals surface area contributed by atoms with Gasteiger partial charge in [-0.2, -0.15) is 5.10 Å². The molecule has 4 rings (SSSR count). The maximum Gasteiger partial charge on any atom is 0.199 e. The van der Waals surface area contributed by atoms with Crippen molar-refractivity contribution in [3.05, 3.63) is 99.5 Å². The molecule has 0 unspecified atom stereocenters. The Morgan fingerprint density at radius 2 is 1.63 bits per heavy atom. The SMILES string of the molecule is CN(Cc1ccc(Br)cc1)Cn1nc(-c2ccncc2)n(Cc2ccccc2)c1=S. The van der Waals surface area contributed by atoms with Gasteiger partial charge < -0.3 is 0 Å². The first-order valence-corrected chi connectivity index (χ1v) is 10.9. The van der Waals surface area contributed by atoms with E-state index in [-0.39, 0.29) is 0 Å². The Bertz CT molecular complexity index is 1150. The molecule has 0 bridgehead atoms. The van der Waals surface area contributed by atoms with Gasteiger partial charge in [0.2, 0.25) is 0 Å². The molecule has 2 aromatic heterocycles. The van der Waals surface area contributed by atoms with Gasteiger partial charge in [-0.05, 0) is 54.7 Å². The zero-order valence-electron chi connectivity index (χ0n) is 16.6. The lowest BCUT2D eigenvalue weighted by molar-refractivity contribution is 0.244. The van der Waals surface area contributed by atoms with Gasteiger partial charge in [0.1, 0.15) is 0 Å². The first-order valence-electron chi connectivity index (χ1n) is 9.65. The summed E-state index contributed by atoms with van der Waals surface area (Å²) in [6, 6.07) is 22.6. The van der Waals surface area contributed by atoms with Crippen molar-refractivity contribution in [3.8, 4) is 11.4 Å². The number of aromatic nitrogens is 4. The zero-order chi connectivity index (χ0) is 20.9. The van der Waals surface area contributed by atoms with Crippen LogP contribution in [0, 0.1) is 4.77 Å². The van der Waals surface area contributed by atoms with Crippen LogP contribution in [0.25, 0.3) is 11.4 Å². The molecule has 0 N–H and O–H groups in total. The third kappa shape index (κ3) is 4.92. The van der Waals surface area contributed by atoms with Crippen LogP contribution in [-0.4, -0.2) is 31.3 Å². The van der Waals surface area contributed by atoms with E-state index in [1.165, 1.54) is 11.1 Å². The Hall–Kier alpha value is -2.61. The number of nitrogens with zero attached hydrogens (tertiary/aromatic N) is 5. The standard InChI is InChI=1S/C23H22BrN5S/c1-27(15-19-7-9-21(24)10-8-19)17-29-23(30)28(16-18-5-3-2-4-6-18)22(26-29)20-11-13-25-14-12-20/h2-14H,15-17H2,1H3. The third-order valence-electron chi connectivity index (χ3n) is 4.79. The van der Waals surface area contributed by atoms with Crippen LogP contribution in [0.1, 0.15) is 11.1 Å². The first kappa shape index (κ1) is 20.7. The highest BCUT2D eigenvalue weighted by atomic mass is 79.9. The molecule has 0 saturated carbocycles. The van der Waals surface area contributed by atoms with Crippen molar-refractivity contribution >= 4 is 28.1 Å². The smallest absolute Gasteiger partial charge is 0.199 e. The Morgan fingerprint density at radius 1 is 0.933 bits per heavy atom. The Kier molecular flexibility index (Phi) is 6.52. The van der Waals surface area contributed by atoms with Crippen LogP contribution < -0.4 is 0 Å². The van der Waals surface area contributed by atoms with Crippen LogP contribution in [0.3, 0.4) is 0 Å². The fourth-order valence-corrected chi connectivity index (χ4v) is 3.85. The molecule has 0 amide bonds.